The van der Waals surface area contributed by atoms with Crippen LogP contribution < -0.4 is 22.5 Å². The Bertz CT molecular complexity index is 1290. The van der Waals surface area contributed by atoms with E-state index in [0.717, 1.165) is 12.1 Å². The summed E-state index contributed by atoms with van der Waals surface area (Å²) >= 11 is 0. The van der Waals surface area contributed by atoms with Crippen molar-refractivity contribution in [3.63, 3.8) is 0 Å². The van der Waals surface area contributed by atoms with Crippen molar-refractivity contribution in [2.45, 2.75) is 0 Å². The van der Waals surface area contributed by atoms with E-state index in [4.69, 9.17) is 45.6 Å². The molecule has 0 unspecified atom stereocenters. The molecule has 0 aliphatic heterocycles. The molecule has 22 nitrogen and oxygen atoms in total. The van der Waals surface area contributed by atoms with E-state index >= 15 is 0 Å². The fourth-order valence-corrected chi connectivity index (χ4v) is 3.28. The molecule has 0 heterocycles. The molecule has 0 saturated carbocycles. The lowest BCUT2D eigenvalue weighted by Gasteiger charge is -2.08. The average Bonchev–Trinajstić information content (AvgIpc) is 3.10. The first-order chi connectivity index (χ1) is 24.5. The molecular weight excluding hydrogens is 691 g/mol. The number of halogens is 1. The molecule has 0 amide bonds. The molecule has 2 aromatic rings. The van der Waals surface area contributed by atoms with Crippen molar-refractivity contribution in [2.75, 3.05) is 111 Å². The molecule has 2 rings (SSSR count). The Morgan fingerprint density at radius 3 is 1.24 bits per heavy atom. The van der Waals surface area contributed by atoms with Crippen molar-refractivity contribution in [3.05, 3.63) is 82.7 Å². The van der Waals surface area contributed by atoms with Crippen LogP contribution in [0, 0.1) is 46.3 Å². The number of hydrogen-bond donors (Lipinski definition) is 4. The van der Waals surface area contributed by atoms with Crippen LogP contribution in [0.2, 0.25) is 0 Å². The summed E-state index contributed by atoms with van der Waals surface area (Å²) in [6.07, 6.45) is 0. The molecule has 0 aliphatic carbocycles. The van der Waals surface area contributed by atoms with Crippen LogP contribution in [0.1, 0.15) is 0 Å². The average molecular weight is 737 g/mol. The third kappa shape index (κ3) is 23.4. The third-order valence-corrected chi connectivity index (χ3v) is 5.56. The highest BCUT2D eigenvalue weighted by Crippen LogP contribution is 2.28. The number of hydrogen-bond acceptors (Lipinski definition) is 18. The minimum atomic E-state index is -1.09. The molecule has 0 aromatic heterocycles. The third-order valence-electron chi connectivity index (χ3n) is 5.56. The SMILES string of the molecule is NCCOCCOCCOCCN.NCCOCCOCCOCCNc1ccc([N+](=O)[O-])cc1[N+](=O)[O-].O=[N+]([O-])c1ccc(F)c([N+](=O)[O-])c1. The predicted molar refractivity (Wildman–Crippen MR) is 180 cm³/mol. The Morgan fingerprint density at radius 1 is 0.510 bits per heavy atom. The van der Waals surface area contributed by atoms with Crippen molar-refractivity contribution in [1.82, 2.24) is 0 Å². The van der Waals surface area contributed by atoms with Gasteiger partial charge in [-0.25, -0.2) is 0 Å². The topological polar surface area (TPSA) is 318 Å². The van der Waals surface area contributed by atoms with Gasteiger partial charge in [0.05, 0.1) is 111 Å². The Labute approximate surface area is 291 Å². The second-order valence-corrected chi connectivity index (χ2v) is 9.33. The quantitative estimate of drug-likeness (QED) is 0.0604. The Kier molecular flexibility index (Phi) is 27.5. The Balaban J connectivity index is 0.000000810. The zero-order valence-electron chi connectivity index (χ0n) is 27.9. The molecule has 0 aliphatic rings. The van der Waals surface area contributed by atoms with Crippen molar-refractivity contribution in [2.24, 2.45) is 17.2 Å². The first kappa shape index (κ1) is 46.4. The maximum absolute atomic E-state index is 12.6. The standard InChI is InChI=1S/C14H22N4O7.C8H20N2O3.C6H3FN2O4/c15-3-5-23-7-9-25-10-8-24-6-4-16-13-2-1-12(17(19)20)11-14(13)18(21)22;9-1-3-11-5-7-13-8-6-12-4-2-10;7-5-2-1-4(8(10)11)3-6(5)9(12)13/h1-2,11,16H,3-10,15H2;1-10H2;1-3H. The number of nitrogens with zero attached hydrogens (tertiary/aromatic N) is 4. The van der Waals surface area contributed by atoms with Gasteiger partial charge in [-0.3, -0.25) is 40.5 Å². The van der Waals surface area contributed by atoms with E-state index in [1.807, 2.05) is 0 Å². The first-order valence-electron chi connectivity index (χ1n) is 15.3. The largest absolute Gasteiger partial charge is 0.378 e. The zero-order chi connectivity index (χ0) is 38.3. The molecule has 0 bridgehead atoms. The van der Waals surface area contributed by atoms with Gasteiger partial charge in [0, 0.05) is 38.3 Å². The molecular formula is C28H45FN8O14. The van der Waals surface area contributed by atoms with Crippen LogP contribution in [0.3, 0.4) is 0 Å². The second kappa shape index (κ2) is 30.3. The van der Waals surface area contributed by atoms with E-state index in [9.17, 15) is 44.8 Å². The number of benzene rings is 2. The Hall–Kier alpha value is -4.59. The first-order valence-corrected chi connectivity index (χ1v) is 15.3. The summed E-state index contributed by atoms with van der Waals surface area (Å²) in [4.78, 5) is 38.7. The van der Waals surface area contributed by atoms with Gasteiger partial charge < -0.3 is 50.9 Å². The van der Waals surface area contributed by atoms with Crippen LogP contribution in [0.15, 0.2) is 36.4 Å². The van der Waals surface area contributed by atoms with Crippen LogP contribution in [-0.2, 0) is 28.4 Å². The van der Waals surface area contributed by atoms with Crippen LogP contribution >= 0.6 is 0 Å². The van der Waals surface area contributed by atoms with E-state index in [0.29, 0.717) is 118 Å². The molecule has 51 heavy (non-hydrogen) atoms. The van der Waals surface area contributed by atoms with E-state index in [2.05, 4.69) is 5.32 Å². The fraction of sp³-hybridized carbons (Fsp3) is 0.571. The molecule has 0 radical (unpaired) electrons. The minimum absolute atomic E-state index is 0.201. The minimum Gasteiger partial charge on any atom is -0.378 e. The lowest BCUT2D eigenvalue weighted by atomic mass is 10.2. The summed E-state index contributed by atoms with van der Waals surface area (Å²) in [5, 5.41) is 44.8. The molecule has 288 valence electrons. The lowest BCUT2D eigenvalue weighted by molar-refractivity contribution is -0.395. The summed E-state index contributed by atoms with van der Waals surface area (Å²) in [6.45, 7) is 7.96. The van der Waals surface area contributed by atoms with Crippen LogP contribution in [0.5, 0.6) is 0 Å². The maximum Gasteiger partial charge on any atom is 0.311 e. The van der Waals surface area contributed by atoms with Gasteiger partial charge in [-0.1, -0.05) is 0 Å². The fourth-order valence-electron chi connectivity index (χ4n) is 3.28. The number of nitro groups is 4. The van der Waals surface area contributed by atoms with E-state index in [1.54, 1.807) is 0 Å². The van der Waals surface area contributed by atoms with Crippen molar-refractivity contribution in [1.29, 1.82) is 0 Å². The summed E-state index contributed by atoms with van der Waals surface area (Å²) in [5.74, 6) is -1.09. The summed E-state index contributed by atoms with van der Waals surface area (Å²) in [6, 6.07) is 5.56. The number of non-ortho nitro benzene ring substituents is 2. The van der Waals surface area contributed by atoms with E-state index < -0.39 is 36.9 Å². The second-order valence-electron chi connectivity index (χ2n) is 9.33. The van der Waals surface area contributed by atoms with Gasteiger partial charge in [-0.05, 0) is 12.1 Å². The number of nitrogens with one attached hydrogen (secondary N) is 1. The van der Waals surface area contributed by atoms with Gasteiger partial charge in [0.2, 0.25) is 5.82 Å². The monoisotopic (exact) mass is 736 g/mol. The number of ether oxygens (including phenoxy) is 6. The van der Waals surface area contributed by atoms with Gasteiger partial charge in [0.15, 0.2) is 0 Å². The smallest absolute Gasteiger partial charge is 0.311 e. The number of nitrogens with two attached hydrogens (primary N) is 3. The Morgan fingerprint density at radius 2 is 0.863 bits per heavy atom. The summed E-state index contributed by atoms with van der Waals surface area (Å²) < 4.78 is 43.7. The highest BCUT2D eigenvalue weighted by atomic mass is 19.1. The number of anilines is 1. The van der Waals surface area contributed by atoms with Gasteiger partial charge in [-0.15, -0.1) is 0 Å². The van der Waals surface area contributed by atoms with Gasteiger partial charge in [0.25, 0.3) is 17.1 Å². The van der Waals surface area contributed by atoms with E-state index in [1.165, 1.54) is 12.1 Å². The van der Waals surface area contributed by atoms with Crippen molar-refractivity contribution < 1.29 is 52.5 Å². The van der Waals surface area contributed by atoms with Gasteiger partial charge >= 0.3 is 5.69 Å². The molecule has 0 atom stereocenters. The molecule has 23 heteroatoms. The van der Waals surface area contributed by atoms with Gasteiger partial charge in [-0.2, -0.15) is 4.39 Å². The van der Waals surface area contributed by atoms with Crippen LogP contribution in [-0.4, -0.2) is 125 Å². The molecule has 0 fully saturated rings. The maximum atomic E-state index is 12.6. The highest BCUT2D eigenvalue weighted by molar-refractivity contribution is 5.65. The predicted octanol–water partition coefficient (Wildman–Crippen LogP) is 1.52. The van der Waals surface area contributed by atoms with Crippen LogP contribution in [0.25, 0.3) is 0 Å². The summed E-state index contributed by atoms with van der Waals surface area (Å²) in [5.41, 5.74) is 13.8. The normalized spacial score (nSPS) is 10.4. The van der Waals surface area contributed by atoms with E-state index in [-0.39, 0.29) is 17.1 Å². The highest BCUT2D eigenvalue weighted by Gasteiger charge is 2.20. The van der Waals surface area contributed by atoms with Crippen molar-refractivity contribution in [3.8, 4) is 0 Å². The lowest BCUT2D eigenvalue weighted by Crippen LogP contribution is -2.15. The van der Waals surface area contributed by atoms with Crippen molar-refractivity contribution >= 4 is 28.4 Å². The number of nitro benzene ring substituents is 4. The molecule has 2 aromatic carbocycles. The number of rotatable bonds is 26. The summed E-state index contributed by atoms with van der Waals surface area (Å²) in [7, 11) is 0. The zero-order valence-corrected chi connectivity index (χ0v) is 27.9. The molecule has 0 spiro atoms. The van der Waals surface area contributed by atoms with Gasteiger partial charge in [0.1, 0.15) is 5.69 Å². The molecule has 7 N–H and O–H groups in total. The van der Waals surface area contributed by atoms with Crippen LogP contribution in [0.4, 0.5) is 32.8 Å². The molecule has 0 saturated heterocycles.